The van der Waals surface area contributed by atoms with Crippen LogP contribution in [0.2, 0.25) is 0 Å². The Hall–Kier alpha value is -3.80. The highest BCUT2D eigenvalue weighted by atomic mass is 16.5. The van der Waals surface area contributed by atoms with Crippen LogP contribution in [0.15, 0.2) is 72.8 Å². The second kappa shape index (κ2) is 9.34. The van der Waals surface area contributed by atoms with Crippen molar-refractivity contribution in [3.8, 4) is 17.2 Å². The van der Waals surface area contributed by atoms with Crippen LogP contribution in [0.5, 0.6) is 17.2 Å². The SMILES string of the molecule is COc1ccc(Oc2ccc(CCNC(=O)C3Cc4ccccc4C(=O)O3)cc2)cc1. The molecule has 0 saturated heterocycles. The van der Waals surface area contributed by atoms with Crippen LogP contribution < -0.4 is 14.8 Å². The van der Waals surface area contributed by atoms with Crippen LogP contribution >= 0.6 is 0 Å². The summed E-state index contributed by atoms with van der Waals surface area (Å²) < 4.78 is 16.2. The number of carbonyl (C=O) groups excluding carboxylic acids is 2. The number of nitrogens with one attached hydrogen (secondary N) is 1. The number of rotatable bonds is 7. The van der Waals surface area contributed by atoms with Crippen molar-refractivity contribution in [1.82, 2.24) is 5.32 Å². The molecule has 1 aliphatic rings. The third kappa shape index (κ3) is 5.04. The number of amides is 1. The molecule has 0 radical (unpaired) electrons. The molecule has 0 bridgehead atoms. The number of carbonyl (C=O) groups is 2. The highest BCUT2D eigenvalue weighted by Crippen LogP contribution is 2.24. The summed E-state index contributed by atoms with van der Waals surface area (Å²) in [6.07, 6.45) is 0.263. The highest BCUT2D eigenvalue weighted by Gasteiger charge is 2.30. The second-order valence-electron chi connectivity index (χ2n) is 7.22. The molecule has 1 amide bonds. The molecule has 0 aliphatic carbocycles. The first-order chi connectivity index (χ1) is 15.1. The monoisotopic (exact) mass is 417 g/mol. The summed E-state index contributed by atoms with van der Waals surface area (Å²) in [7, 11) is 1.62. The van der Waals surface area contributed by atoms with Gasteiger partial charge in [0.25, 0.3) is 5.91 Å². The van der Waals surface area contributed by atoms with E-state index in [1.165, 1.54) is 0 Å². The smallest absolute Gasteiger partial charge is 0.339 e. The van der Waals surface area contributed by atoms with Crippen molar-refractivity contribution in [1.29, 1.82) is 0 Å². The molecular weight excluding hydrogens is 394 g/mol. The average Bonchev–Trinajstić information content (AvgIpc) is 2.80. The van der Waals surface area contributed by atoms with E-state index in [0.717, 1.165) is 28.4 Å². The molecule has 3 aromatic rings. The van der Waals surface area contributed by atoms with Gasteiger partial charge in [0.15, 0.2) is 6.10 Å². The van der Waals surface area contributed by atoms with Crippen LogP contribution in [0.25, 0.3) is 0 Å². The number of hydrogen-bond acceptors (Lipinski definition) is 5. The van der Waals surface area contributed by atoms with E-state index in [2.05, 4.69) is 5.32 Å². The molecule has 31 heavy (non-hydrogen) atoms. The molecule has 1 heterocycles. The Morgan fingerprint density at radius 1 is 0.968 bits per heavy atom. The van der Waals surface area contributed by atoms with Crippen LogP contribution in [-0.4, -0.2) is 31.6 Å². The van der Waals surface area contributed by atoms with Crippen molar-refractivity contribution in [2.45, 2.75) is 18.9 Å². The van der Waals surface area contributed by atoms with E-state index >= 15 is 0 Å². The van der Waals surface area contributed by atoms with Crippen molar-refractivity contribution >= 4 is 11.9 Å². The summed E-state index contributed by atoms with van der Waals surface area (Å²) in [5, 5.41) is 2.86. The van der Waals surface area contributed by atoms with E-state index < -0.39 is 12.1 Å². The number of cyclic esters (lactones) is 1. The van der Waals surface area contributed by atoms with Gasteiger partial charge in [-0.1, -0.05) is 30.3 Å². The van der Waals surface area contributed by atoms with Gasteiger partial charge in [0.1, 0.15) is 17.2 Å². The Kier molecular flexibility index (Phi) is 6.17. The van der Waals surface area contributed by atoms with Gasteiger partial charge in [-0.3, -0.25) is 4.79 Å². The van der Waals surface area contributed by atoms with Crippen molar-refractivity contribution in [3.05, 3.63) is 89.5 Å². The van der Waals surface area contributed by atoms with Crippen LogP contribution in [0.1, 0.15) is 21.5 Å². The predicted molar refractivity (Wildman–Crippen MR) is 116 cm³/mol. The van der Waals surface area contributed by atoms with E-state index in [4.69, 9.17) is 14.2 Å². The van der Waals surface area contributed by atoms with Gasteiger partial charge in [0.2, 0.25) is 0 Å². The molecule has 1 unspecified atom stereocenters. The molecule has 0 aromatic heterocycles. The third-order valence-corrected chi connectivity index (χ3v) is 5.12. The van der Waals surface area contributed by atoms with Gasteiger partial charge in [-0.05, 0) is 60.0 Å². The summed E-state index contributed by atoms with van der Waals surface area (Å²) in [6, 6.07) is 22.3. The number of benzene rings is 3. The number of fused-ring (bicyclic) bond motifs is 1. The lowest BCUT2D eigenvalue weighted by Gasteiger charge is -2.23. The second-order valence-corrected chi connectivity index (χ2v) is 7.22. The molecular formula is C25H23NO5. The Balaban J connectivity index is 1.26. The van der Waals surface area contributed by atoms with Crippen molar-refractivity contribution in [2.75, 3.05) is 13.7 Å². The van der Waals surface area contributed by atoms with Crippen LogP contribution in [-0.2, 0) is 22.4 Å². The van der Waals surface area contributed by atoms with Gasteiger partial charge >= 0.3 is 5.97 Å². The fraction of sp³-hybridized carbons (Fsp3) is 0.200. The lowest BCUT2D eigenvalue weighted by molar-refractivity contribution is -0.130. The Bertz CT molecular complexity index is 1060. The van der Waals surface area contributed by atoms with E-state index in [1.807, 2.05) is 60.7 Å². The van der Waals surface area contributed by atoms with Gasteiger partial charge in [-0.2, -0.15) is 0 Å². The van der Waals surface area contributed by atoms with Gasteiger partial charge in [0.05, 0.1) is 12.7 Å². The van der Waals surface area contributed by atoms with Gasteiger partial charge in [-0.25, -0.2) is 4.79 Å². The summed E-state index contributed by atoms with van der Waals surface area (Å²) in [5.41, 5.74) is 2.43. The summed E-state index contributed by atoms with van der Waals surface area (Å²) in [5.74, 6) is 1.50. The van der Waals surface area contributed by atoms with Crippen molar-refractivity contribution in [2.24, 2.45) is 0 Å². The van der Waals surface area contributed by atoms with Crippen LogP contribution in [0, 0.1) is 0 Å². The zero-order valence-corrected chi connectivity index (χ0v) is 17.2. The number of methoxy groups -OCH3 is 1. The molecule has 158 valence electrons. The maximum atomic E-state index is 12.4. The zero-order valence-electron chi connectivity index (χ0n) is 17.2. The third-order valence-electron chi connectivity index (χ3n) is 5.12. The summed E-state index contributed by atoms with van der Waals surface area (Å²) in [6.45, 7) is 0.452. The minimum Gasteiger partial charge on any atom is -0.497 e. The number of esters is 1. The predicted octanol–water partition coefficient (Wildman–Crippen LogP) is 3.93. The van der Waals surface area contributed by atoms with E-state index in [1.54, 1.807) is 19.2 Å². The first kappa shape index (κ1) is 20.5. The molecule has 1 N–H and O–H groups in total. The van der Waals surface area contributed by atoms with E-state index in [9.17, 15) is 9.59 Å². The minimum atomic E-state index is -0.789. The summed E-state index contributed by atoms with van der Waals surface area (Å²) in [4.78, 5) is 24.5. The molecule has 3 aromatic carbocycles. The molecule has 0 spiro atoms. The average molecular weight is 417 g/mol. The lowest BCUT2D eigenvalue weighted by atomic mass is 9.98. The van der Waals surface area contributed by atoms with Crippen LogP contribution in [0.4, 0.5) is 0 Å². The Labute approximate surface area is 180 Å². The van der Waals surface area contributed by atoms with Crippen molar-refractivity contribution in [3.63, 3.8) is 0 Å². The van der Waals surface area contributed by atoms with Crippen molar-refractivity contribution < 1.29 is 23.8 Å². The molecule has 1 aliphatic heterocycles. The van der Waals surface area contributed by atoms with Crippen LogP contribution in [0.3, 0.4) is 0 Å². The molecule has 6 nitrogen and oxygen atoms in total. The van der Waals surface area contributed by atoms with Gasteiger partial charge in [0, 0.05) is 13.0 Å². The summed E-state index contributed by atoms with van der Waals surface area (Å²) >= 11 is 0. The zero-order chi connectivity index (χ0) is 21.6. The van der Waals surface area contributed by atoms with Gasteiger partial charge < -0.3 is 19.5 Å². The van der Waals surface area contributed by atoms with Gasteiger partial charge in [-0.15, -0.1) is 0 Å². The fourth-order valence-corrected chi connectivity index (χ4v) is 3.43. The largest absolute Gasteiger partial charge is 0.497 e. The quantitative estimate of drug-likeness (QED) is 0.590. The molecule has 4 rings (SSSR count). The Morgan fingerprint density at radius 2 is 1.61 bits per heavy atom. The number of ether oxygens (including phenoxy) is 3. The first-order valence-corrected chi connectivity index (χ1v) is 10.1. The maximum Gasteiger partial charge on any atom is 0.339 e. The fourth-order valence-electron chi connectivity index (χ4n) is 3.43. The van der Waals surface area contributed by atoms with E-state index in [-0.39, 0.29) is 5.91 Å². The maximum absolute atomic E-state index is 12.4. The molecule has 6 heteroatoms. The van der Waals surface area contributed by atoms with E-state index in [0.29, 0.717) is 24.9 Å². The molecule has 1 atom stereocenters. The highest BCUT2D eigenvalue weighted by molar-refractivity contribution is 5.95. The first-order valence-electron chi connectivity index (χ1n) is 10.1. The minimum absolute atomic E-state index is 0.276. The Morgan fingerprint density at radius 3 is 2.32 bits per heavy atom. The molecule has 0 fully saturated rings. The topological polar surface area (TPSA) is 73.9 Å². The number of hydrogen-bond donors (Lipinski definition) is 1. The standard InChI is InChI=1S/C25H23NO5/c1-29-19-10-12-21(13-11-19)30-20-8-6-17(7-9-20)14-15-26-24(27)23-16-18-4-2-3-5-22(18)25(28)31-23/h2-13,23H,14-16H2,1H3,(H,26,27). The molecule has 0 saturated carbocycles. The normalized spacial score (nSPS) is 14.9. The lowest BCUT2D eigenvalue weighted by Crippen LogP contribution is -2.42.